The van der Waals surface area contributed by atoms with Gasteiger partial charge in [0.15, 0.2) is 5.78 Å². The molecule has 3 saturated heterocycles. The van der Waals surface area contributed by atoms with E-state index in [0.717, 1.165) is 30.2 Å². The first-order valence-electron chi connectivity index (χ1n) is 9.91. The summed E-state index contributed by atoms with van der Waals surface area (Å²) < 4.78 is 25.2. The molecule has 3 heterocycles. The number of likely N-dealkylation sites (tertiary alicyclic amines) is 1. The van der Waals surface area contributed by atoms with Crippen molar-refractivity contribution < 1.29 is 18.0 Å². The first-order valence-corrected chi connectivity index (χ1v) is 11.8. The van der Waals surface area contributed by atoms with Gasteiger partial charge in [0.2, 0.25) is 15.9 Å². The number of hydrogen-bond acceptors (Lipinski definition) is 6. The van der Waals surface area contributed by atoms with Crippen LogP contribution in [0, 0.1) is 23.7 Å². The molecule has 1 amide bonds. The number of ketones is 1. The fourth-order valence-corrected chi connectivity index (χ4v) is 5.92. The van der Waals surface area contributed by atoms with Crippen LogP contribution in [0.25, 0.3) is 0 Å². The fourth-order valence-electron chi connectivity index (χ4n) is 4.85. The molecular weight excluding hydrogens is 366 g/mol. The molecule has 3 aliphatic rings. The number of sulfonamides is 1. The maximum atomic E-state index is 12.8. The number of carbonyl (C=O) groups excluding carboxylic acids is 2. The minimum atomic E-state index is -3.67. The Hall–Kier alpha value is -1.25. The normalized spacial score (nSPS) is 32.6. The third-order valence-electron chi connectivity index (χ3n) is 6.08. The van der Waals surface area contributed by atoms with Crippen LogP contribution < -0.4 is 5.32 Å². The molecule has 0 aromatic rings. The maximum Gasteiger partial charge on any atom is 0.241 e. The summed E-state index contributed by atoms with van der Waals surface area (Å²) in [5, 5.41) is 3.12. The average Bonchev–Trinajstić information content (AvgIpc) is 3.11. The summed E-state index contributed by atoms with van der Waals surface area (Å²) in [5.74, 6) is -1.55. The molecule has 0 aromatic heterocycles. The summed E-state index contributed by atoms with van der Waals surface area (Å²) >= 11 is 0. The third-order valence-corrected chi connectivity index (χ3v) is 7.20. The van der Waals surface area contributed by atoms with Crippen LogP contribution in [0.5, 0.6) is 0 Å². The fraction of sp³-hybridized carbons (Fsp3) is 0.789. The molecule has 3 aliphatic heterocycles. The summed E-state index contributed by atoms with van der Waals surface area (Å²) in [6.45, 7) is 7.14. The van der Waals surface area contributed by atoms with Crippen molar-refractivity contribution in [2.24, 2.45) is 23.7 Å². The number of rotatable bonds is 6. The number of amides is 1. The summed E-state index contributed by atoms with van der Waals surface area (Å²) in [6.07, 6.45) is 7.68. The molecule has 8 heteroatoms. The number of nitrogens with zero attached hydrogens (tertiary/aromatic N) is 2. The predicted octanol–water partition coefficient (Wildman–Crippen LogP) is 0.833. The van der Waals surface area contributed by atoms with Crippen LogP contribution in [0.1, 0.15) is 33.1 Å². The molecule has 3 rings (SSSR count). The van der Waals surface area contributed by atoms with Gasteiger partial charge in [0.05, 0.1) is 6.26 Å². The topological polar surface area (TPSA) is 86.8 Å². The zero-order valence-corrected chi connectivity index (χ0v) is 17.2. The maximum absolute atomic E-state index is 12.8. The molecule has 1 unspecified atom stereocenters. The molecule has 0 spiro atoms. The lowest BCUT2D eigenvalue weighted by Crippen LogP contribution is -2.45. The molecular formula is C19H31N3O4S. The highest BCUT2D eigenvalue weighted by molar-refractivity contribution is 7.88. The van der Waals surface area contributed by atoms with Crippen LogP contribution in [-0.4, -0.2) is 67.9 Å². The summed E-state index contributed by atoms with van der Waals surface area (Å²) in [4.78, 5) is 27.9. The van der Waals surface area contributed by atoms with Gasteiger partial charge in [-0.25, -0.2) is 12.7 Å². The van der Waals surface area contributed by atoms with Gasteiger partial charge >= 0.3 is 0 Å². The highest BCUT2D eigenvalue weighted by Crippen LogP contribution is 2.44. The Balaban J connectivity index is 1.73. The first kappa shape index (κ1) is 20.5. The molecule has 3 fully saturated rings. The molecule has 1 N–H and O–H groups in total. The standard InChI is InChI=1S/C19H31N3O4S/c1-13(2)16-17-14(12-20-18(17)22(19(16)24)27(3,25)26)15(23)8-7-11-21-9-5-4-6-10-21/h7-8,13-14,16-18,20H,4-6,9-12H2,1-3H3/b8-7+/t14?,16-,17-,18-/m0/s1. The number of piperidine rings is 1. The third kappa shape index (κ3) is 4.12. The summed E-state index contributed by atoms with van der Waals surface area (Å²) in [7, 11) is -3.67. The molecule has 7 nitrogen and oxygen atoms in total. The number of fused-ring (bicyclic) bond motifs is 1. The van der Waals surface area contributed by atoms with Crippen LogP contribution >= 0.6 is 0 Å². The highest BCUT2D eigenvalue weighted by Gasteiger charge is 2.59. The van der Waals surface area contributed by atoms with Crippen molar-refractivity contribution in [2.75, 3.05) is 32.4 Å². The van der Waals surface area contributed by atoms with E-state index in [2.05, 4.69) is 10.2 Å². The number of hydrogen-bond donors (Lipinski definition) is 1. The lowest BCUT2D eigenvalue weighted by molar-refractivity contribution is -0.129. The van der Waals surface area contributed by atoms with E-state index in [-0.39, 0.29) is 29.4 Å². The van der Waals surface area contributed by atoms with Crippen LogP contribution in [0.4, 0.5) is 0 Å². The van der Waals surface area contributed by atoms with Crippen LogP contribution in [0.15, 0.2) is 12.2 Å². The Morgan fingerprint density at radius 2 is 1.93 bits per heavy atom. The van der Waals surface area contributed by atoms with E-state index in [1.165, 1.54) is 19.3 Å². The largest absolute Gasteiger partial charge is 0.300 e. The van der Waals surface area contributed by atoms with Crippen molar-refractivity contribution >= 4 is 21.7 Å². The zero-order valence-electron chi connectivity index (χ0n) is 16.4. The van der Waals surface area contributed by atoms with Crippen molar-refractivity contribution in [1.82, 2.24) is 14.5 Å². The molecule has 4 atom stereocenters. The molecule has 0 aliphatic carbocycles. The molecule has 0 aromatic carbocycles. The van der Waals surface area contributed by atoms with Crippen LogP contribution in [0.3, 0.4) is 0 Å². The molecule has 27 heavy (non-hydrogen) atoms. The van der Waals surface area contributed by atoms with Gasteiger partial charge in [-0.1, -0.05) is 26.3 Å². The van der Waals surface area contributed by atoms with Gasteiger partial charge in [-0.2, -0.15) is 0 Å². The van der Waals surface area contributed by atoms with Gasteiger partial charge < -0.3 is 0 Å². The Bertz CT molecular complexity index is 712. The minimum Gasteiger partial charge on any atom is -0.300 e. The quantitative estimate of drug-likeness (QED) is 0.668. The Morgan fingerprint density at radius 1 is 1.26 bits per heavy atom. The monoisotopic (exact) mass is 397 g/mol. The number of allylic oxidation sites excluding steroid dienone is 1. The SMILES string of the molecule is CC(C)[C@@H]1C(=O)N(S(C)(=O)=O)[C@@H]2NCC(C(=O)/C=C/CN3CCCCC3)[C@H]21. The molecule has 0 radical (unpaired) electrons. The highest BCUT2D eigenvalue weighted by atomic mass is 32.2. The van der Waals surface area contributed by atoms with E-state index in [1.807, 2.05) is 19.9 Å². The second kappa shape index (κ2) is 8.01. The van der Waals surface area contributed by atoms with Crippen molar-refractivity contribution in [2.45, 2.75) is 39.3 Å². The smallest absolute Gasteiger partial charge is 0.241 e. The van der Waals surface area contributed by atoms with Crippen LogP contribution in [-0.2, 0) is 19.6 Å². The second-order valence-corrected chi connectivity index (χ2v) is 10.2. The van der Waals surface area contributed by atoms with Crippen molar-refractivity contribution in [3.05, 3.63) is 12.2 Å². The minimum absolute atomic E-state index is 0.0131. The van der Waals surface area contributed by atoms with E-state index in [1.54, 1.807) is 6.08 Å². The Labute approximate surface area is 162 Å². The lowest BCUT2D eigenvalue weighted by atomic mass is 9.77. The van der Waals surface area contributed by atoms with Gasteiger partial charge in [-0.15, -0.1) is 0 Å². The Kier molecular flexibility index (Phi) is 6.08. The zero-order chi connectivity index (χ0) is 19.8. The molecule has 152 valence electrons. The van der Waals surface area contributed by atoms with Gasteiger partial charge in [-0.3, -0.25) is 19.8 Å². The summed E-state index contributed by atoms with van der Waals surface area (Å²) in [5.41, 5.74) is 0. The van der Waals surface area contributed by atoms with E-state index in [9.17, 15) is 18.0 Å². The van der Waals surface area contributed by atoms with E-state index in [4.69, 9.17) is 0 Å². The van der Waals surface area contributed by atoms with E-state index < -0.39 is 22.1 Å². The number of nitrogens with one attached hydrogen (secondary N) is 1. The van der Waals surface area contributed by atoms with Crippen molar-refractivity contribution in [3.8, 4) is 0 Å². The van der Waals surface area contributed by atoms with Crippen molar-refractivity contribution in [3.63, 3.8) is 0 Å². The first-order chi connectivity index (χ1) is 12.7. The van der Waals surface area contributed by atoms with E-state index in [0.29, 0.717) is 6.54 Å². The van der Waals surface area contributed by atoms with Gasteiger partial charge in [0, 0.05) is 30.8 Å². The van der Waals surface area contributed by atoms with Crippen LogP contribution in [0.2, 0.25) is 0 Å². The second-order valence-electron chi connectivity index (χ2n) is 8.37. The van der Waals surface area contributed by atoms with E-state index >= 15 is 0 Å². The van der Waals surface area contributed by atoms with Gasteiger partial charge in [0.1, 0.15) is 6.17 Å². The van der Waals surface area contributed by atoms with Gasteiger partial charge in [-0.05, 0) is 37.9 Å². The molecule has 0 saturated carbocycles. The lowest BCUT2D eigenvalue weighted by Gasteiger charge is -2.25. The Morgan fingerprint density at radius 3 is 2.52 bits per heavy atom. The average molecular weight is 398 g/mol. The summed E-state index contributed by atoms with van der Waals surface area (Å²) in [6, 6.07) is 0. The number of carbonyl (C=O) groups is 2. The van der Waals surface area contributed by atoms with Gasteiger partial charge in [0.25, 0.3) is 0 Å². The van der Waals surface area contributed by atoms with Crippen molar-refractivity contribution in [1.29, 1.82) is 0 Å². The molecule has 0 bridgehead atoms. The predicted molar refractivity (Wildman–Crippen MR) is 103 cm³/mol.